The summed E-state index contributed by atoms with van der Waals surface area (Å²) in [6, 6.07) is 7.54. The molecule has 2 rings (SSSR count). The van der Waals surface area contributed by atoms with Gasteiger partial charge in [-0.15, -0.1) is 5.10 Å². The highest BCUT2D eigenvalue weighted by Gasteiger charge is 2.11. The molecule has 0 aliphatic heterocycles. The Hall–Kier alpha value is -0.890. The Balaban J connectivity index is 1.97. The predicted molar refractivity (Wildman–Crippen MR) is 101 cm³/mol. The highest BCUT2D eigenvalue weighted by molar-refractivity contribution is 8.01. The summed E-state index contributed by atoms with van der Waals surface area (Å²) in [5.41, 5.74) is 0.864. The van der Waals surface area contributed by atoms with Gasteiger partial charge >= 0.3 is 0 Å². The zero-order valence-corrected chi connectivity index (χ0v) is 16.1. The van der Waals surface area contributed by atoms with E-state index in [0.717, 1.165) is 22.9 Å². The van der Waals surface area contributed by atoms with Crippen molar-refractivity contribution in [1.82, 2.24) is 15.1 Å². The molecule has 0 fully saturated rings. The van der Waals surface area contributed by atoms with E-state index in [-0.39, 0.29) is 11.9 Å². The first-order valence-corrected chi connectivity index (χ1v) is 9.86. The monoisotopic (exact) mass is 387 g/mol. The van der Waals surface area contributed by atoms with E-state index < -0.39 is 0 Å². The molecule has 1 atom stereocenters. The summed E-state index contributed by atoms with van der Waals surface area (Å²) in [6.07, 6.45) is 2.04. The van der Waals surface area contributed by atoms with Gasteiger partial charge in [-0.2, -0.15) is 0 Å². The highest BCUT2D eigenvalue weighted by Crippen LogP contribution is 2.24. The average Bonchev–Trinajstić information content (AvgIpc) is 2.87. The lowest BCUT2D eigenvalue weighted by molar-refractivity contribution is -0.119. The Bertz CT molecular complexity index is 712. The molecule has 1 aromatic carbocycles. The third kappa shape index (κ3) is 5.60. The molecule has 23 heavy (non-hydrogen) atoms. The molecule has 8 heteroatoms. The number of hydrogen-bond donors (Lipinski definition) is 1. The van der Waals surface area contributed by atoms with Crippen LogP contribution in [0.15, 0.2) is 28.6 Å². The van der Waals surface area contributed by atoms with Crippen molar-refractivity contribution in [3.8, 4) is 5.69 Å². The zero-order chi connectivity index (χ0) is 16.8. The molecule has 1 amide bonds. The third-order valence-corrected chi connectivity index (χ3v) is 5.67. The van der Waals surface area contributed by atoms with Gasteiger partial charge in [-0.3, -0.25) is 4.79 Å². The molecule has 0 aliphatic rings. The Kier molecular flexibility index (Phi) is 7.08. The van der Waals surface area contributed by atoms with Crippen LogP contribution >= 0.6 is 46.9 Å². The molecule has 2 aromatic rings. The Morgan fingerprint density at radius 3 is 2.83 bits per heavy atom. The zero-order valence-electron chi connectivity index (χ0n) is 12.9. The van der Waals surface area contributed by atoms with Crippen LogP contribution in [-0.2, 0) is 4.79 Å². The van der Waals surface area contributed by atoms with Gasteiger partial charge in [0.05, 0.1) is 11.4 Å². The summed E-state index contributed by atoms with van der Waals surface area (Å²) >= 11 is 14.0. The van der Waals surface area contributed by atoms with E-state index in [1.807, 2.05) is 19.1 Å². The maximum atomic E-state index is 11.9. The standard InChI is InChI=1S/C15H18ClN3OS3/c1-3-4-10(2)17-13(20)9-22-14-18-19(15(21)23-14)12-7-5-11(16)6-8-12/h5-8,10H,3-4,9H2,1-2H3,(H,17,20)/t10-/m0/s1. The molecule has 0 radical (unpaired) electrons. The van der Waals surface area contributed by atoms with E-state index in [1.165, 1.54) is 23.1 Å². The maximum Gasteiger partial charge on any atom is 0.230 e. The molecule has 0 saturated heterocycles. The van der Waals surface area contributed by atoms with Gasteiger partial charge in [0.25, 0.3) is 0 Å². The Morgan fingerprint density at radius 1 is 1.48 bits per heavy atom. The van der Waals surface area contributed by atoms with Crippen molar-refractivity contribution >= 4 is 52.8 Å². The minimum Gasteiger partial charge on any atom is -0.353 e. The smallest absolute Gasteiger partial charge is 0.230 e. The van der Waals surface area contributed by atoms with Crippen LogP contribution in [0.2, 0.25) is 5.02 Å². The molecule has 0 saturated carbocycles. The number of rotatable bonds is 7. The quantitative estimate of drug-likeness (QED) is 0.551. The fourth-order valence-corrected chi connectivity index (χ4v) is 4.31. The number of halogens is 1. The van der Waals surface area contributed by atoms with Crippen LogP contribution in [0.1, 0.15) is 26.7 Å². The van der Waals surface area contributed by atoms with Crippen molar-refractivity contribution in [3.63, 3.8) is 0 Å². The SMILES string of the molecule is CCC[C@H](C)NC(=O)CSc1nn(-c2ccc(Cl)cc2)c(=S)s1. The third-order valence-electron chi connectivity index (χ3n) is 3.06. The van der Waals surface area contributed by atoms with Crippen molar-refractivity contribution in [2.45, 2.75) is 37.1 Å². The summed E-state index contributed by atoms with van der Waals surface area (Å²) in [5.74, 6) is 0.367. The van der Waals surface area contributed by atoms with Crippen LogP contribution in [0.5, 0.6) is 0 Å². The lowest BCUT2D eigenvalue weighted by Crippen LogP contribution is -2.33. The molecule has 0 unspecified atom stereocenters. The van der Waals surface area contributed by atoms with Gasteiger partial charge in [-0.1, -0.05) is 48.0 Å². The average molecular weight is 388 g/mol. The number of hydrogen-bond acceptors (Lipinski definition) is 5. The molecule has 0 aliphatic carbocycles. The van der Waals surface area contributed by atoms with Crippen LogP contribution in [0, 0.1) is 3.95 Å². The molecular formula is C15H18ClN3OS3. The number of nitrogens with one attached hydrogen (secondary N) is 1. The molecule has 4 nitrogen and oxygen atoms in total. The second-order valence-electron chi connectivity index (χ2n) is 5.07. The maximum absolute atomic E-state index is 11.9. The van der Waals surface area contributed by atoms with E-state index in [2.05, 4.69) is 17.3 Å². The molecule has 124 valence electrons. The van der Waals surface area contributed by atoms with Gasteiger partial charge in [0.2, 0.25) is 5.91 Å². The molecule has 1 aromatic heterocycles. The second-order valence-corrected chi connectivity index (χ2v) is 8.35. The van der Waals surface area contributed by atoms with Crippen LogP contribution in [0.3, 0.4) is 0 Å². The van der Waals surface area contributed by atoms with Gasteiger partial charge in [-0.25, -0.2) is 4.68 Å². The molecule has 1 heterocycles. The summed E-state index contributed by atoms with van der Waals surface area (Å²) in [6.45, 7) is 4.12. The van der Waals surface area contributed by atoms with E-state index >= 15 is 0 Å². The van der Waals surface area contributed by atoms with Crippen molar-refractivity contribution in [2.75, 3.05) is 5.75 Å². The lowest BCUT2D eigenvalue weighted by Gasteiger charge is -2.11. The number of aromatic nitrogens is 2. The predicted octanol–water partition coefficient (Wildman–Crippen LogP) is 4.71. The van der Waals surface area contributed by atoms with E-state index in [9.17, 15) is 4.79 Å². The number of nitrogens with zero attached hydrogens (tertiary/aromatic N) is 2. The number of benzene rings is 1. The Morgan fingerprint density at radius 2 is 2.17 bits per heavy atom. The summed E-state index contributed by atoms with van der Waals surface area (Å²) in [5, 5.41) is 8.12. The van der Waals surface area contributed by atoms with Gasteiger partial charge in [0, 0.05) is 11.1 Å². The summed E-state index contributed by atoms with van der Waals surface area (Å²) < 4.78 is 3.12. The molecule has 0 bridgehead atoms. The largest absolute Gasteiger partial charge is 0.353 e. The summed E-state index contributed by atoms with van der Waals surface area (Å²) in [7, 11) is 0. The number of carbonyl (C=O) groups excluding carboxylic acids is 1. The normalized spacial score (nSPS) is 12.1. The summed E-state index contributed by atoms with van der Waals surface area (Å²) in [4.78, 5) is 11.9. The van der Waals surface area contributed by atoms with E-state index in [4.69, 9.17) is 23.8 Å². The van der Waals surface area contributed by atoms with Crippen LogP contribution in [0.25, 0.3) is 5.69 Å². The van der Waals surface area contributed by atoms with Crippen molar-refractivity contribution < 1.29 is 4.79 Å². The number of carbonyl (C=O) groups is 1. The topological polar surface area (TPSA) is 46.9 Å². The second kappa shape index (κ2) is 8.82. The van der Waals surface area contributed by atoms with Crippen LogP contribution in [0.4, 0.5) is 0 Å². The first-order chi connectivity index (χ1) is 11.0. The van der Waals surface area contributed by atoms with Gasteiger partial charge in [-0.05, 0) is 49.8 Å². The molecule has 1 N–H and O–H groups in total. The first-order valence-electron chi connectivity index (χ1n) is 7.28. The number of amides is 1. The lowest BCUT2D eigenvalue weighted by atomic mass is 10.2. The van der Waals surface area contributed by atoms with Crippen molar-refractivity contribution in [1.29, 1.82) is 0 Å². The fourth-order valence-electron chi connectivity index (χ4n) is 2.01. The van der Waals surface area contributed by atoms with Gasteiger partial charge in [0.15, 0.2) is 8.29 Å². The fraction of sp³-hybridized carbons (Fsp3) is 0.400. The van der Waals surface area contributed by atoms with Gasteiger partial charge < -0.3 is 5.32 Å². The van der Waals surface area contributed by atoms with E-state index in [1.54, 1.807) is 16.8 Å². The van der Waals surface area contributed by atoms with Crippen molar-refractivity contribution in [2.24, 2.45) is 0 Å². The van der Waals surface area contributed by atoms with Crippen molar-refractivity contribution in [3.05, 3.63) is 33.2 Å². The molecular weight excluding hydrogens is 370 g/mol. The van der Waals surface area contributed by atoms with Crippen LogP contribution < -0.4 is 5.32 Å². The number of thioether (sulfide) groups is 1. The first kappa shape index (κ1) is 18.4. The minimum absolute atomic E-state index is 0.0233. The highest BCUT2D eigenvalue weighted by atomic mass is 35.5. The van der Waals surface area contributed by atoms with Crippen LogP contribution in [-0.4, -0.2) is 27.5 Å². The molecule has 0 spiro atoms. The Labute approximate surface area is 154 Å². The van der Waals surface area contributed by atoms with Gasteiger partial charge in [0.1, 0.15) is 0 Å². The van der Waals surface area contributed by atoms with E-state index in [0.29, 0.717) is 14.7 Å². The minimum atomic E-state index is 0.0233.